The van der Waals surface area contributed by atoms with Gasteiger partial charge >= 0.3 is 5.97 Å². The fourth-order valence-electron chi connectivity index (χ4n) is 4.93. The maximum absolute atomic E-state index is 11.7. The molecule has 0 spiro atoms. The summed E-state index contributed by atoms with van der Waals surface area (Å²) in [7, 11) is 0. The number of carboxylic acids is 1. The van der Waals surface area contributed by atoms with Gasteiger partial charge in [0.2, 0.25) is 0 Å². The first-order chi connectivity index (χ1) is 9.54. The highest BCUT2D eigenvalue weighted by molar-refractivity contribution is 5.70. The van der Waals surface area contributed by atoms with E-state index in [0.717, 1.165) is 31.1 Å². The first-order valence-electron chi connectivity index (χ1n) is 8.77. The van der Waals surface area contributed by atoms with Crippen LogP contribution in [0.25, 0.3) is 0 Å². The predicted molar refractivity (Wildman–Crippen MR) is 82.5 cm³/mol. The molecule has 116 valence electrons. The van der Waals surface area contributed by atoms with Gasteiger partial charge in [-0.15, -0.1) is 0 Å². The van der Waals surface area contributed by atoms with Crippen LogP contribution in [0, 0.1) is 35.5 Å². The van der Waals surface area contributed by atoms with Crippen molar-refractivity contribution >= 4 is 5.97 Å². The molecule has 5 unspecified atom stereocenters. The molecule has 0 bridgehead atoms. The molecule has 2 aliphatic carbocycles. The van der Waals surface area contributed by atoms with Crippen molar-refractivity contribution in [1.82, 2.24) is 0 Å². The van der Waals surface area contributed by atoms with Crippen molar-refractivity contribution in [3.63, 3.8) is 0 Å². The Labute approximate surface area is 124 Å². The Morgan fingerprint density at radius 1 is 1.10 bits per heavy atom. The minimum Gasteiger partial charge on any atom is -0.481 e. The van der Waals surface area contributed by atoms with E-state index in [9.17, 15) is 9.90 Å². The van der Waals surface area contributed by atoms with Gasteiger partial charge in [0.15, 0.2) is 0 Å². The van der Waals surface area contributed by atoms with Gasteiger partial charge in [0.05, 0.1) is 5.92 Å². The van der Waals surface area contributed by atoms with Crippen LogP contribution in [0.4, 0.5) is 0 Å². The monoisotopic (exact) mass is 280 g/mol. The summed E-state index contributed by atoms with van der Waals surface area (Å²) in [4.78, 5) is 11.7. The standard InChI is InChI=1S/C18H32O2/c1-4-13-7-5-6-8-15(13)17-11-14(12(2)3)9-10-16(17)18(19)20/h12-17H,4-11H2,1-3H3,(H,19,20). The van der Waals surface area contributed by atoms with E-state index in [4.69, 9.17) is 0 Å². The molecule has 2 fully saturated rings. The number of carbonyl (C=O) groups is 1. The molecule has 0 aromatic heterocycles. The van der Waals surface area contributed by atoms with Crippen LogP contribution in [-0.4, -0.2) is 11.1 Å². The summed E-state index contributed by atoms with van der Waals surface area (Å²) in [5.41, 5.74) is 0. The van der Waals surface area contributed by atoms with Crippen LogP contribution in [-0.2, 0) is 4.79 Å². The Hall–Kier alpha value is -0.530. The van der Waals surface area contributed by atoms with Gasteiger partial charge in [0.25, 0.3) is 0 Å². The molecule has 0 aromatic rings. The third kappa shape index (κ3) is 3.38. The molecule has 0 heterocycles. The number of carboxylic acid groups (broad SMARTS) is 1. The van der Waals surface area contributed by atoms with Crippen LogP contribution < -0.4 is 0 Å². The SMILES string of the molecule is CCC1CCCCC1C1CC(C(C)C)CCC1C(=O)O. The second-order valence-corrected chi connectivity index (χ2v) is 7.54. The van der Waals surface area contributed by atoms with E-state index < -0.39 is 5.97 Å². The molecule has 0 aliphatic heterocycles. The molecule has 5 atom stereocenters. The van der Waals surface area contributed by atoms with Crippen LogP contribution in [0.2, 0.25) is 0 Å². The van der Waals surface area contributed by atoms with E-state index in [1.165, 1.54) is 32.1 Å². The summed E-state index contributed by atoms with van der Waals surface area (Å²) < 4.78 is 0. The highest BCUT2D eigenvalue weighted by Crippen LogP contribution is 2.48. The summed E-state index contributed by atoms with van der Waals surface area (Å²) >= 11 is 0. The van der Waals surface area contributed by atoms with Gasteiger partial charge in [0.1, 0.15) is 0 Å². The van der Waals surface area contributed by atoms with E-state index in [-0.39, 0.29) is 5.92 Å². The maximum atomic E-state index is 11.7. The van der Waals surface area contributed by atoms with Crippen molar-refractivity contribution < 1.29 is 9.90 Å². The van der Waals surface area contributed by atoms with Crippen LogP contribution in [0.1, 0.15) is 72.1 Å². The molecule has 1 N–H and O–H groups in total. The minimum atomic E-state index is -0.530. The highest BCUT2D eigenvalue weighted by Gasteiger charge is 2.42. The molecule has 2 aliphatic rings. The zero-order chi connectivity index (χ0) is 14.7. The maximum Gasteiger partial charge on any atom is 0.306 e. The number of hydrogen-bond donors (Lipinski definition) is 1. The topological polar surface area (TPSA) is 37.3 Å². The summed E-state index contributed by atoms with van der Waals surface area (Å²) in [6, 6.07) is 0. The minimum absolute atomic E-state index is 0.0675. The van der Waals surface area contributed by atoms with E-state index in [1.807, 2.05) is 0 Å². The normalized spacial score (nSPS) is 38.9. The van der Waals surface area contributed by atoms with Crippen LogP contribution in [0.5, 0.6) is 0 Å². The molecular formula is C18H32O2. The lowest BCUT2D eigenvalue weighted by Crippen LogP contribution is -2.40. The quantitative estimate of drug-likeness (QED) is 0.789. The molecule has 0 aromatic carbocycles. The number of aliphatic carboxylic acids is 1. The van der Waals surface area contributed by atoms with Crippen LogP contribution >= 0.6 is 0 Å². The van der Waals surface area contributed by atoms with E-state index in [2.05, 4.69) is 20.8 Å². The number of rotatable bonds is 4. The Balaban J connectivity index is 2.15. The van der Waals surface area contributed by atoms with Crippen molar-refractivity contribution in [2.75, 3.05) is 0 Å². The molecule has 0 amide bonds. The van der Waals surface area contributed by atoms with E-state index in [1.54, 1.807) is 0 Å². The lowest BCUT2D eigenvalue weighted by Gasteiger charge is -2.44. The second-order valence-electron chi connectivity index (χ2n) is 7.54. The van der Waals surface area contributed by atoms with E-state index >= 15 is 0 Å². The summed E-state index contributed by atoms with van der Waals surface area (Å²) in [6.07, 6.45) is 9.71. The van der Waals surface area contributed by atoms with Gasteiger partial charge in [-0.1, -0.05) is 46.5 Å². The highest BCUT2D eigenvalue weighted by atomic mass is 16.4. The third-order valence-corrected chi connectivity index (χ3v) is 6.24. The summed E-state index contributed by atoms with van der Waals surface area (Å²) in [5, 5.41) is 9.62. The van der Waals surface area contributed by atoms with Gasteiger partial charge in [0, 0.05) is 0 Å². The second kappa shape index (κ2) is 6.95. The molecule has 2 rings (SSSR count). The van der Waals surface area contributed by atoms with Crippen molar-refractivity contribution in [2.24, 2.45) is 35.5 Å². The van der Waals surface area contributed by atoms with Gasteiger partial charge in [-0.2, -0.15) is 0 Å². The third-order valence-electron chi connectivity index (χ3n) is 6.24. The van der Waals surface area contributed by atoms with Crippen LogP contribution in [0.15, 0.2) is 0 Å². The molecular weight excluding hydrogens is 248 g/mol. The smallest absolute Gasteiger partial charge is 0.306 e. The average molecular weight is 280 g/mol. The van der Waals surface area contributed by atoms with Crippen LogP contribution in [0.3, 0.4) is 0 Å². The largest absolute Gasteiger partial charge is 0.481 e. The van der Waals surface area contributed by atoms with Crippen molar-refractivity contribution in [1.29, 1.82) is 0 Å². The predicted octanol–water partition coefficient (Wildman–Crippen LogP) is 4.98. The lowest BCUT2D eigenvalue weighted by atomic mass is 9.60. The zero-order valence-corrected chi connectivity index (χ0v) is 13.5. The molecule has 2 saturated carbocycles. The Kier molecular flexibility index (Phi) is 5.51. The number of hydrogen-bond acceptors (Lipinski definition) is 1. The van der Waals surface area contributed by atoms with Gasteiger partial charge in [-0.25, -0.2) is 0 Å². The Bertz CT molecular complexity index is 323. The van der Waals surface area contributed by atoms with Gasteiger partial charge < -0.3 is 5.11 Å². The Morgan fingerprint density at radius 2 is 1.80 bits per heavy atom. The van der Waals surface area contributed by atoms with Crippen molar-refractivity contribution in [3.8, 4) is 0 Å². The molecule has 2 nitrogen and oxygen atoms in total. The fraction of sp³-hybridized carbons (Fsp3) is 0.944. The molecule has 2 heteroatoms. The fourth-order valence-corrected chi connectivity index (χ4v) is 4.93. The van der Waals surface area contributed by atoms with Gasteiger partial charge in [-0.3, -0.25) is 4.79 Å². The summed E-state index contributed by atoms with van der Waals surface area (Å²) in [5.74, 6) is 2.75. The average Bonchev–Trinajstić information content (AvgIpc) is 2.46. The Morgan fingerprint density at radius 3 is 2.40 bits per heavy atom. The molecule has 0 saturated heterocycles. The zero-order valence-electron chi connectivity index (χ0n) is 13.5. The van der Waals surface area contributed by atoms with E-state index in [0.29, 0.717) is 17.8 Å². The molecule has 0 radical (unpaired) electrons. The van der Waals surface area contributed by atoms with Crippen molar-refractivity contribution in [3.05, 3.63) is 0 Å². The van der Waals surface area contributed by atoms with Crippen molar-refractivity contribution in [2.45, 2.75) is 72.1 Å². The van der Waals surface area contributed by atoms with Gasteiger partial charge in [-0.05, 0) is 55.3 Å². The summed E-state index contributed by atoms with van der Waals surface area (Å²) in [6.45, 7) is 6.91. The lowest BCUT2D eigenvalue weighted by molar-refractivity contribution is -0.147. The first kappa shape index (κ1) is 15.9. The first-order valence-corrected chi connectivity index (χ1v) is 8.77. The molecule has 20 heavy (non-hydrogen) atoms.